The molecule has 15 rings (SSSR count). The zero-order chi connectivity index (χ0) is 57.6. The van der Waals surface area contributed by atoms with Gasteiger partial charge in [-0.25, -0.2) is 0 Å². The third-order valence-electron chi connectivity index (χ3n) is 19.3. The van der Waals surface area contributed by atoms with Gasteiger partial charge in [-0.3, -0.25) is 0 Å². The van der Waals surface area contributed by atoms with E-state index >= 15 is 0 Å². The Bertz CT molecular complexity index is 4190. The molecule has 5 heterocycles. The van der Waals surface area contributed by atoms with Gasteiger partial charge in [-0.15, -0.1) is 0 Å². The third-order valence-corrected chi connectivity index (χ3v) is 19.3. The van der Waals surface area contributed by atoms with Crippen molar-refractivity contribution < 1.29 is 4.74 Å². The third kappa shape index (κ3) is 7.52. The lowest BCUT2D eigenvalue weighted by Crippen LogP contribution is -2.60. The average molecular weight is 1080 g/mol. The predicted molar refractivity (Wildman–Crippen MR) is 351 cm³/mol. The van der Waals surface area contributed by atoms with Crippen LogP contribution in [0.25, 0.3) is 27.8 Å². The minimum Gasteiger partial charge on any atom is -0.483 e. The monoisotopic (exact) mass is 1080 g/mol. The van der Waals surface area contributed by atoms with Crippen molar-refractivity contribution in [2.24, 2.45) is 0 Å². The second kappa shape index (κ2) is 17.4. The summed E-state index contributed by atoms with van der Waals surface area (Å²) in [5, 5.41) is 1.33. The summed E-state index contributed by atoms with van der Waals surface area (Å²) < 4.78 is 10.2. The van der Waals surface area contributed by atoms with E-state index in [0.717, 1.165) is 39.9 Å². The molecular weight excluding hydrogens is 1010 g/mol. The van der Waals surface area contributed by atoms with Crippen molar-refractivity contribution in [2.75, 3.05) is 14.7 Å². The number of para-hydroxylation sites is 2. The molecule has 0 saturated carbocycles. The van der Waals surface area contributed by atoms with Crippen LogP contribution >= 0.6 is 0 Å². The zero-order valence-electron chi connectivity index (χ0n) is 50.8. The maximum atomic E-state index is 7.53. The van der Waals surface area contributed by atoms with Crippen LogP contribution in [0.1, 0.15) is 154 Å². The molecule has 0 saturated heterocycles. The van der Waals surface area contributed by atoms with Gasteiger partial charge in [0.15, 0.2) is 6.10 Å². The second-order valence-corrected chi connectivity index (χ2v) is 29.0. The van der Waals surface area contributed by atoms with Crippen LogP contribution in [0.2, 0.25) is 0 Å². The molecular formula is C77H75BN4O. The maximum Gasteiger partial charge on any atom is 0.252 e. The summed E-state index contributed by atoms with van der Waals surface area (Å²) in [5.74, 6) is 0.945. The van der Waals surface area contributed by atoms with Gasteiger partial charge >= 0.3 is 0 Å². The fourth-order valence-corrected chi connectivity index (χ4v) is 15.0. The fourth-order valence-electron chi connectivity index (χ4n) is 15.0. The van der Waals surface area contributed by atoms with Gasteiger partial charge in [-0.2, -0.15) is 0 Å². The van der Waals surface area contributed by atoms with Crippen molar-refractivity contribution in [3.05, 3.63) is 233 Å². The molecule has 0 fully saturated rings. The highest BCUT2D eigenvalue weighted by atomic mass is 16.5. The first-order chi connectivity index (χ1) is 39.5. The molecule has 2 atom stereocenters. The minimum atomic E-state index is -0.306. The summed E-state index contributed by atoms with van der Waals surface area (Å²) in [6.07, 6.45) is -0.306. The molecule has 0 amide bonds. The lowest BCUT2D eigenvalue weighted by molar-refractivity contribution is 0.224. The lowest BCUT2D eigenvalue weighted by Gasteiger charge is -2.42. The molecule has 2 unspecified atom stereocenters. The van der Waals surface area contributed by atoms with Crippen molar-refractivity contribution in [1.29, 1.82) is 0 Å². The molecule has 0 bridgehead atoms. The summed E-state index contributed by atoms with van der Waals surface area (Å²) >= 11 is 0. The molecule has 1 aromatic heterocycles. The van der Waals surface area contributed by atoms with Crippen LogP contribution in [0, 0.1) is 0 Å². The van der Waals surface area contributed by atoms with E-state index in [1.807, 2.05) is 0 Å². The van der Waals surface area contributed by atoms with Gasteiger partial charge in [0.05, 0.1) is 17.1 Å². The number of hydrogen-bond donors (Lipinski definition) is 0. The molecule has 83 heavy (non-hydrogen) atoms. The summed E-state index contributed by atoms with van der Waals surface area (Å²) in [6.45, 7) is 32.4. The van der Waals surface area contributed by atoms with E-state index in [4.69, 9.17) is 4.74 Å². The quantitative estimate of drug-likeness (QED) is 0.155. The smallest absolute Gasteiger partial charge is 0.252 e. The Morgan fingerprint density at radius 1 is 0.482 bits per heavy atom. The summed E-state index contributed by atoms with van der Waals surface area (Å²) in [5.41, 5.74) is 28.6. The molecule has 10 aromatic rings. The van der Waals surface area contributed by atoms with E-state index in [0.29, 0.717) is 0 Å². The Kier molecular flexibility index (Phi) is 10.8. The molecule has 0 spiro atoms. The molecule has 1 aliphatic carbocycles. The molecule has 5 nitrogen and oxygen atoms in total. The van der Waals surface area contributed by atoms with E-state index in [2.05, 4.69) is 304 Å². The average Bonchev–Trinajstić information content (AvgIpc) is 1.57. The highest BCUT2D eigenvalue weighted by Crippen LogP contribution is 2.63. The van der Waals surface area contributed by atoms with E-state index in [9.17, 15) is 0 Å². The van der Waals surface area contributed by atoms with Crippen molar-refractivity contribution >= 4 is 79.5 Å². The first-order valence-corrected chi connectivity index (χ1v) is 30.2. The zero-order valence-corrected chi connectivity index (χ0v) is 50.8. The Morgan fingerprint density at radius 2 is 0.988 bits per heavy atom. The number of ether oxygens (including phenoxy) is 1. The van der Waals surface area contributed by atoms with Gasteiger partial charge in [0, 0.05) is 72.8 Å². The molecule has 4 aliphatic heterocycles. The van der Waals surface area contributed by atoms with Crippen LogP contribution in [-0.4, -0.2) is 11.3 Å². The normalized spacial score (nSPS) is 16.7. The summed E-state index contributed by atoms with van der Waals surface area (Å²) in [6, 6.07) is 72.4. The predicted octanol–water partition coefficient (Wildman–Crippen LogP) is 18.5. The van der Waals surface area contributed by atoms with Crippen molar-refractivity contribution in [3.63, 3.8) is 0 Å². The van der Waals surface area contributed by atoms with Gasteiger partial charge in [0.25, 0.3) is 6.71 Å². The van der Waals surface area contributed by atoms with Gasteiger partial charge in [-0.1, -0.05) is 212 Å². The topological polar surface area (TPSA) is 23.9 Å². The number of nitrogens with zero attached hydrogens (tertiary/aromatic N) is 4. The molecule has 0 radical (unpaired) electrons. The number of rotatable bonds is 6. The summed E-state index contributed by atoms with van der Waals surface area (Å²) in [7, 11) is 0. The highest BCUT2D eigenvalue weighted by molar-refractivity contribution is 7.00. The van der Waals surface area contributed by atoms with Crippen LogP contribution in [-0.2, 0) is 27.1 Å². The number of aromatic nitrogens is 1. The second-order valence-electron chi connectivity index (χ2n) is 29.0. The Balaban J connectivity index is 1.06. The number of anilines is 8. The molecule has 412 valence electrons. The van der Waals surface area contributed by atoms with Crippen LogP contribution in [0.4, 0.5) is 45.5 Å². The highest BCUT2D eigenvalue weighted by Gasteiger charge is 2.56. The van der Waals surface area contributed by atoms with E-state index in [-0.39, 0.29) is 45.9 Å². The SMILES string of the molecule is CC(C)(C)c1ccc(N(c2ccc(C(C)(C)C)cc2)c2cc3c4c(c2)-n2c5c(c6cccc(c62)B4c2ccc(N(c4ccc(C(C)(C)C)cc4)c4ccc(C(C)(C)C)cc4)c4c2N3C2c3ccccc3OC42)C(C)(C)c2ccccc2-5)cc1. The van der Waals surface area contributed by atoms with Gasteiger partial charge in [-0.05, 0) is 144 Å². The Labute approximate surface area is 492 Å². The Morgan fingerprint density at radius 3 is 1.54 bits per heavy atom. The van der Waals surface area contributed by atoms with Crippen LogP contribution in [0.15, 0.2) is 188 Å². The standard InChI is InChI=1S/C77H75BN4O/c1-73(2,3)46-26-34-50(35-27-46)79(51-36-28-47(29-37-51)74(4,5)6)54-44-62-67-63(45-54)82-70-56-21-16-18-25-64(56)83-72(70)65-61(80(52-38-30-48(31-39-52)75(7,8)9)53-40-32-49(33-41-53)76(10,11)12)43-42-60(71(65)82)78(67)59-24-19-22-57-66-69(81(62)68(57)59)55-20-15-17-23-58(55)77(66,13)14/h15-45,70,72H,1-14H3. The van der Waals surface area contributed by atoms with Gasteiger partial charge in [0.1, 0.15) is 11.8 Å². The number of benzene rings is 9. The number of hydrogen-bond acceptors (Lipinski definition) is 4. The molecule has 6 heteroatoms. The molecule has 9 aromatic carbocycles. The fraction of sp³-hybridized carbons (Fsp3) is 0.273. The van der Waals surface area contributed by atoms with Crippen molar-refractivity contribution in [3.8, 4) is 22.7 Å². The van der Waals surface area contributed by atoms with Gasteiger partial charge in [0.2, 0.25) is 0 Å². The number of fused-ring (bicyclic) bond motifs is 14. The minimum absolute atomic E-state index is 0.00240. The van der Waals surface area contributed by atoms with Crippen LogP contribution < -0.4 is 35.8 Å². The maximum absolute atomic E-state index is 7.53. The Hall–Kier alpha value is -8.22. The van der Waals surface area contributed by atoms with E-state index < -0.39 is 0 Å². The lowest BCUT2D eigenvalue weighted by atomic mass is 9.33. The van der Waals surface area contributed by atoms with Crippen molar-refractivity contribution in [2.45, 2.75) is 136 Å². The summed E-state index contributed by atoms with van der Waals surface area (Å²) in [4.78, 5) is 7.77. The van der Waals surface area contributed by atoms with E-state index in [1.165, 1.54) is 100 Å². The largest absolute Gasteiger partial charge is 0.483 e. The van der Waals surface area contributed by atoms with E-state index in [1.54, 1.807) is 0 Å². The molecule has 5 aliphatic rings. The van der Waals surface area contributed by atoms with Crippen LogP contribution in [0.3, 0.4) is 0 Å². The first kappa shape index (κ1) is 51.7. The first-order valence-electron chi connectivity index (χ1n) is 30.2. The van der Waals surface area contributed by atoms with Gasteiger partial charge < -0.3 is 24.0 Å². The van der Waals surface area contributed by atoms with Crippen LogP contribution in [0.5, 0.6) is 5.75 Å². The van der Waals surface area contributed by atoms with Crippen molar-refractivity contribution in [1.82, 2.24) is 4.57 Å². The molecule has 0 N–H and O–H groups in total.